The molecular weight excluding hydrogens is 184 g/mol. The number of hydrogen-bond acceptors (Lipinski definition) is 2. The third kappa shape index (κ3) is 2.94. The van der Waals surface area contributed by atoms with E-state index in [0.29, 0.717) is 0 Å². The lowest BCUT2D eigenvalue weighted by Gasteiger charge is -2.42. The molecule has 0 amide bonds. The Morgan fingerprint density at radius 1 is 1.20 bits per heavy atom. The second kappa shape index (κ2) is 5.86. The highest BCUT2D eigenvalue weighted by Gasteiger charge is 2.29. The zero-order valence-electron chi connectivity index (χ0n) is 10.2. The highest BCUT2D eigenvalue weighted by atomic mass is 15.2. The molecule has 1 heterocycles. The lowest BCUT2D eigenvalue weighted by molar-refractivity contribution is 0.0927. The molecule has 2 nitrogen and oxygen atoms in total. The third-order valence-corrected chi connectivity index (χ3v) is 4.10. The summed E-state index contributed by atoms with van der Waals surface area (Å²) in [5.41, 5.74) is 0. The van der Waals surface area contributed by atoms with Gasteiger partial charge in [0.1, 0.15) is 0 Å². The number of nitrogens with zero attached hydrogens (tertiary/aromatic N) is 1. The minimum Gasteiger partial charge on any atom is -0.314 e. The Morgan fingerprint density at radius 3 is 2.73 bits per heavy atom. The van der Waals surface area contributed by atoms with Crippen molar-refractivity contribution in [1.29, 1.82) is 0 Å². The molecule has 1 aliphatic carbocycles. The Balaban J connectivity index is 1.90. The molecule has 2 aliphatic rings. The molecule has 1 atom stereocenters. The molecule has 1 unspecified atom stereocenters. The predicted molar refractivity (Wildman–Crippen MR) is 65.1 cm³/mol. The van der Waals surface area contributed by atoms with Crippen LogP contribution in [0.15, 0.2) is 0 Å². The fourth-order valence-corrected chi connectivity index (χ4v) is 3.32. The molecule has 15 heavy (non-hydrogen) atoms. The summed E-state index contributed by atoms with van der Waals surface area (Å²) >= 11 is 0. The Kier molecular flexibility index (Phi) is 4.45. The third-order valence-electron chi connectivity index (χ3n) is 4.10. The van der Waals surface area contributed by atoms with E-state index in [2.05, 4.69) is 17.1 Å². The molecule has 1 saturated heterocycles. The van der Waals surface area contributed by atoms with Crippen LogP contribution in [0.2, 0.25) is 0 Å². The molecular formula is C13H26N2. The van der Waals surface area contributed by atoms with Crippen LogP contribution in [0.3, 0.4) is 0 Å². The van der Waals surface area contributed by atoms with E-state index in [-0.39, 0.29) is 0 Å². The number of rotatable bonds is 3. The second-order valence-corrected chi connectivity index (χ2v) is 5.21. The van der Waals surface area contributed by atoms with Crippen molar-refractivity contribution in [2.45, 2.75) is 51.5 Å². The first-order valence-electron chi connectivity index (χ1n) is 6.86. The monoisotopic (exact) mass is 210 g/mol. The van der Waals surface area contributed by atoms with Crippen molar-refractivity contribution in [2.24, 2.45) is 5.92 Å². The van der Waals surface area contributed by atoms with Crippen LogP contribution >= 0.6 is 0 Å². The van der Waals surface area contributed by atoms with Crippen LogP contribution in [0.4, 0.5) is 0 Å². The van der Waals surface area contributed by atoms with Gasteiger partial charge in [-0.05, 0) is 31.7 Å². The maximum Gasteiger partial charge on any atom is 0.0249 e. The van der Waals surface area contributed by atoms with E-state index in [1.807, 2.05) is 0 Å². The van der Waals surface area contributed by atoms with Crippen LogP contribution in [-0.2, 0) is 0 Å². The smallest absolute Gasteiger partial charge is 0.0249 e. The van der Waals surface area contributed by atoms with E-state index in [1.165, 1.54) is 64.7 Å². The summed E-state index contributed by atoms with van der Waals surface area (Å²) in [7, 11) is 0. The lowest BCUT2D eigenvalue weighted by Crippen LogP contribution is -2.54. The maximum absolute atomic E-state index is 3.58. The first-order chi connectivity index (χ1) is 7.42. The van der Waals surface area contributed by atoms with Gasteiger partial charge in [0.15, 0.2) is 0 Å². The van der Waals surface area contributed by atoms with Crippen molar-refractivity contribution >= 4 is 0 Å². The van der Waals surface area contributed by atoms with E-state index in [1.54, 1.807) is 0 Å². The van der Waals surface area contributed by atoms with E-state index in [9.17, 15) is 0 Å². The molecule has 88 valence electrons. The fraction of sp³-hybridized carbons (Fsp3) is 1.00. The van der Waals surface area contributed by atoms with E-state index >= 15 is 0 Å². The molecule has 0 bridgehead atoms. The maximum atomic E-state index is 3.58. The van der Waals surface area contributed by atoms with Crippen LogP contribution in [0.5, 0.6) is 0 Å². The molecule has 0 aromatic rings. The Hall–Kier alpha value is -0.0800. The topological polar surface area (TPSA) is 15.3 Å². The summed E-state index contributed by atoms with van der Waals surface area (Å²) in [5, 5.41) is 3.58. The van der Waals surface area contributed by atoms with Crippen LogP contribution in [0, 0.1) is 5.92 Å². The Bertz CT molecular complexity index is 163. The van der Waals surface area contributed by atoms with Crippen molar-refractivity contribution in [3.63, 3.8) is 0 Å². The summed E-state index contributed by atoms with van der Waals surface area (Å²) in [6, 6.07) is 0.846. The summed E-state index contributed by atoms with van der Waals surface area (Å²) in [4.78, 5) is 2.74. The van der Waals surface area contributed by atoms with Crippen molar-refractivity contribution in [2.75, 3.05) is 26.2 Å². The molecule has 0 radical (unpaired) electrons. The molecule has 2 rings (SSSR count). The summed E-state index contributed by atoms with van der Waals surface area (Å²) in [6.07, 6.45) is 8.69. The van der Waals surface area contributed by atoms with Crippen molar-refractivity contribution in [1.82, 2.24) is 10.2 Å². The molecule has 1 N–H and O–H groups in total. The van der Waals surface area contributed by atoms with E-state index in [0.717, 1.165) is 12.0 Å². The van der Waals surface area contributed by atoms with Gasteiger partial charge in [0.25, 0.3) is 0 Å². The standard InChI is InChI=1S/C13H26N2/c1-2-9-15-10-8-14-11-13(15)12-6-4-3-5-7-12/h12-14H,2-11H2,1H3. The molecule has 1 aliphatic heterocycles. The highest BCUT2D eigenvalue weighted by Crippen LogP contribution is 2.29. The minimum absolute atomic E-state index is 0.846. The van der Waals surface area contributed by atoms with Gasteiger partial charge in [0.2, 0.25) is 0 Å². The molecule has 0 spiro atoms. The average Bonchev–Trinajstić information content (AvgIpc) is 2.31. The van der Waals surface area contributed by atoms with Gasteiger partial charge in [0.05, 0.1) is 0 Å². The van der Waals surface area contributed by atoms with Gasteiger partial charge in [-0.2, -0.15) is 0 Å². The summed E-state index contributed by atoms with van der Waals surface area (Å²) in [6.45, 7) is 7.33. The van der Waals surface area contributed by atoms with Gasteiger partial charge in [-0.25, -0.2) is 0 Å². The normalized spacial score (nSPS) is 30.6. The van der Waals surface area contributed by atoms with Crippen molar-refractivity contribution in [3.05, 3.63) is 0 Å². The summed E-state index contributed by atoms with van der Waals surface area (Å²) in [5.74, 6) is 0.984. The van der Waals surface area contributed by atoms with Gasteiger partial charge in [0, 0.05) is 25.7 Å². The first kappa shape index (κ1) is 11.4. The number of nitrogens with one attached hydrogen (secondary N) is 1. The van der Waals surface area contributed by atoms with Crippen LogP contribution < -0.4 is 5.32 Å². The van der Waals surface area contributed by atoms with Gasteiger partial charge < -0.3 is 5.32 Å². The van der Waals surface area contributed by atoms with Gasteiger partial charge >= 0.3 is 0 Å². The lowest BCUT2D eigenvalue weighted by atomic mass is 9.82. The zero-order valence-corrected chi connectivity index (χ0v) is 10.2. The Labute approximate surface area is 94.4 Å². The van der Waals surface area contributed by atoms with Crippen LogP contribution in [0.1, 0.15) is 45.4 Å². The molecule has 0 aromatic heterocycles. The van der Waals surface area contributed by atoms with Gasteiger partial charge in [-0.1, -0.05) is 26.2 Å². The predicted octanol–water partition coefficient (Wildman–Crippen LogP) is 2.25. The van der Waals surface area contributed by atoms with Gasteiger partial charge in [-0.15, -0.1) is 0 Å². The van der Waals surface area contributed by atoms with Crippen molar-refractivity contribution < 1.29 is 0 Å². The summed E-state index contributed by atoms with van der Waals surface area (Å²) < 4.78 is 0. The largest absolute Gasteiger partial charge is 0.314 e. The molecule has 2 fully saturated rings. The Morgan fingerprint density at radius 2 is 2.00 bits per heavy atom. The number of piperazine rings is 1. The number of hydrogen-bond donors (Lipinski definition) is 1. The molecule has 2 heteroatoms. The average molecular weight is 210 g/mol. The van der Waals surface area contributed by atoms with Gasteiger partial charge in [-0.3, -0.25) is 4.90 Å². The second-order valence-electron chi connectivity index (χ2n) is 5.21. The highest BCUT2D eigenvalue weighted by molar-refractivity contribution is 4.86. The van der Waals surface area contributed by atoms with E-state index in [4.69, 9.17) is 0 Å². The van der Waals surface area contributed by atoms with Crippen LogP contribution in [0.25, 0.3) is 0 Å². The van der Waals surface area contributed by atoms with Crippen molar-refractivity contribution in [3.8, 4) is 0 Å². The molecule has 0 aromatic carbocycles. The SMILES string of the molecule is CCCN1CCNCC1C1CCCCC1. The minimum atomic E-state index is 0.846. The first-order valence-corrected chi connectivity index (χ1v) is 6.86. The fourth-order valence-electron chi connectivity index (χ4n) is 3.32. The quantitative estimate of drug-likeness (QED) is 0.768. The van der Waals surface area contributed by atoms with E-state index < -0.39 is 0 Å². The zero-order chi connectivity index (χ0) is 10.5. The molecule has 1 saturated carbocycles. The van der Waals surface area contributed by atoms with Crippen LogP contribution in [-0.4, -0.2) is 37.1 Å².